The number of aromatic nitrogens is 6. The molecule has 0 amide bonds. The Morgan fingerprint density at radius 3 is 2.33 bits per heavy atom. The number of tetrazole rings is 1. The number of aryl methyl sites for hydroxylation is 1. The number of carboxylic acids is 1. The van der Waals surface area contributed by atoms with Crippen LogP contribution >= 0.6 is 0 Å². The van der Waals surface area contributed by atoms with Crippen molar-refractivity contribution in [3.05, 3.63) is 95.9 Å². The lowest BCUT2D eigenvalue weighted by Crippen LogP contribution is -2.04. The van der Waals surface area contributed by atoms with Gasteiger partial charge in [0, 0.05) is 30.3 Å². The van der Waals surface area contributed by atoms with Gasteiger partial charge in [0.15, 0.2) is 0 Å². The Morgan fingerprint density at radius 1 is 0.944 bits per heavy atom. The number of benzene rings is 3. The number of hydrogen-bond donors (Lipinski definition) is 2. The lowest BCUT2D eigenvalue weighted by atomic mass is 9.98. The van der Waals surface area contributed by atoms with Gasteiger partial charge in [-0.25, -0.2) is 9.78 Å². The summed E-state index contributed by atoms with van der Waals surface area (Å²) in [6.45, 7) is 2.87. The Morgan fingerprint density at radius 2 is 1.67 bits per heavy atom. The van der Waals surface area contributed by atoms with Crippen molar-refractivity contribution in [2.45, 2.75) is 32.7 Å². The molecule has 0 aliphatic heterocycles. The normalized spacial score (nSPS) is 11.0. The monoisotopic (exact) mass is 478 g/mol. The van der Waals surface area contributed by atoms with Gasteiger partial charge in [-0.15, -0.1) is 10.2 Å². The van der Waals surface area contributed by atoms with Crippen LogP contribution in [0.15, 0.2) is 79.0 Å². The summed E-state index contributed by atoms with van der Waals surface area (Å²) in [7, 11) is 0. The molecule has 2 N–H and O–H groups in total. The van der Waals surface area contributed by atoms with Crippen LogP contribution in [-0.4, -0.2) is 41.3 Å². The van der Waals surface area contributed by atoms with Gasteiger partial charge in [-0.1, -0.05) is 74.0 Å². The number of carboxylic acid groups (broad SMARTS) is 1. The van der Waals surface area contributed by atoms with E-state index in [1.165, 1.54) is 5.56 Å². The van der Waals surface area contributed by atoms with Gasteiger partial charge in [-0.05, 0) is 40.5 Å². The maximum absolute atomic E-state index is 11.2. The van der Waals surface area contributed by atoms with Crippen molar-refractivity contribution in [2.75, 3.05) is 0 Å². The highest BCUT2D eigenvalue weighted by Crippen LogP contribution is 2.30. The first-order valence-corrected chi connectivity index (χ1v) is 11.9. The van der Waals surface area contributed by atoms with Gasteiger partial charge >= 0.3 is 5.97 Å². The van der Waals surface area contributed by atoms with Crippen LogP contribution in [0.3, 0.4) is 0 Å². The van der Waals surface area contributed by atoms with Gasteiger partial charge in [0.25, 0.3) is 0 Å². The van der Waals surface area contributed by atoms with Crippen molar-refractivity contribution in [3.8, 4) is 33.8 Å². The second-order valence-electron chi connectivity index (χ2n) is 8.63. The Hall–Kier alpha value is -4.59. The molecule has 0 aliphatic rings. The van der Waals surface area contributed by atoms with E-state index in [9.17, 15) is 9.90 Å². The number of nitrogens with zero attached hydrogens (tertiary/aromatic N) is 5. The average Bonchev–Trinajstić information content (AvgIpc) is 3.59. The predicted molar refractivity (Wildman–Crippen MR) is 137 cm³/mol. The number of nitrogens with one attached hydrogen (secondary N) is 1. The predicted octanol–water partition coefficient (Wildman–Crippen LogP) is 5.49. The second kappa shape index (κ2) is 10.4. The first-order valence-electron chi connectivity index (χ1n) is 11.9. The molecule has 8 heteroatoms. The third kappa shape index (κ3) is 4.93. The molecular formula is C28H26N6O2. The minimum atomic E-state index is -0.931. The van der Waals surface area contributed by atoms with E-state index in [2.05, 4.69) is 68.6 Å². The van der Waals surface area contributed by atoms with Crippen LogP contribution < -0.4 is 0 Å². The van der Waals surface area contributed by atoms with Crippen LogP contribution in [0.4, 0.5) is 0 Å². The van der Waals surface area contributed by atoms with Crippen molar-refractivity contribution in [1.29, 1.82) is 0 Å². The highest BCUT2D eigenvalue weighted by atomic mass is 16.4. The molecular weight excluding hydrogens is 452 g/mol. The van der Waals surface area contributed by atoms with Gasteiger partial charge in [-0.2, -0.15) is 5.21 Å². The molecule has 8 nitrogen and oxygen atoms in total. The molecule has 0 atom stereocenters. The summed E-state index contributed by atoms with van der Waals surface area (Å²) in [6, 6.07) is 23.4. The van der Waals surface area contributed by atoms with E-state index in [4.69, 9.17) is 4.98 Å². The van der Waals surface area contributed by atoms with Crippen molar-refractivity contribution in [3.63, 3.8) is 0 Å². The third-order valence-electron chi connectivity index (χ3n) is 6.17. The maximum Gasteiger partial charge on any atom is 0.335 e. The molecule has 2 aromatic heterocycles. The summed E-state index contributed by atoms with van der Waals surface area (Å²) < 4.78 is 2.19. The number of aromatic carboxylic acids is 1. The van der Waals surface area contributed by atoms with Crippen LogP contribution in [0.1, 0.15) is 41.5 Å². The van der Waals surface area contributed by atoms with Crippen molar-refractivity contribution in [1.82, 2.24) is 30.2 Å². The topological polar surface area (TPSA) is 110 Å². The fourth-order valence-corrected chi connectivity index (χ4v) is 4.24. The van der Waals surface area contributed by atoms with Crippen molar-refractivity contribution >= 4 is 5.97 Å². The molecule has 5 rings (SSSR count). The number of H-pyrrole nitrogens is 1. The SMILES string of the molecule is CCCCc1nc(-c2ccc(C(=O)O)cc2)cn1Cc1ccc(-c2ccccc2-c2nn[nH]n2)cc1. The van der Waals surface area contributed by atoms with Crippen LogP contribution in [0, 0.1) is 0 Å². The van der Waals surface area contributed by atoms with Crippen LogP contribution in [-0.2, 0) is 13.0 Å². The summed E-state index contributed by atoms with van der Waals surface area (Å²) in [5.41, 5.74) is 6.24. The summed E-state index contributed by atoms with van der Waals surface area (Å²) in [6.07, 6.45) is 5.09. The van der Waals surface area contributed by atoms with E-state index in [0.29, 0.717) is 12.4 Å². The minimum absolute atomic E-state index is 0.269. The van der Waals surface area contributed by atoms with Gasteiger partial charge in [0.1, 0.15) is 5.82 Å². The summed E-state index contributed by atoms with van der Waals surface area (Å²) in [5, 5.41) is 23.7. The standard InChI is InChI=1S/C28H26N6O2/c1-2-3-8-26-29-25(21-13-15-22(16-14-21)28(35)36)18-34(26)17-19-9-11-20(12-10-19)23-6-4-5-7-24(23)27-30-32-33-31-27/h4-7,9-16,18H,2-3,8,17H2,1H3,(H,35,36)(H,30,31,32,33). The molecule has 0 aliphatic carbocycles. The largest absolute Gasteiger partial charge is 0.478 e. The molecule has 0 radical (unpaired) electrons. The highest BCUT2D eigenvalue weighted by Gasteiger charge is 2.13. The van der Waals surface area contributed by atoms with E-state index < -0.39 is 5.97 Å². The molecule has 5 aromatic rings. The summed E-state index contributed by atoms with van der Waals surface area (Å²) >= 11 is 0. The zero-order chi connectivity index (χ0) is 24.9. The highest BCUT2D eigenvalue weighted by molar-refractivity contribution is 5.88. The smallest absolute Gasteiger partial charge is 0.335 e. The summed E-state index contributed by atoms with van der Waals surface area (Å²) in [5.74, 6) is 0.664. The van der Waals surface area contributed by atoms with E-state index in [-0.39, 0.29) is 5.56 Å². The molecule has 180 valence electrons. The zero-order valence-corrected chi connectivity index (χ0v) is 19.9. The molecule has 0 spiro atoms. The van der Waals surface area contributed by atoms with E-state index in [1.54, 1.807) is 12.1 Å². The maximum atomic E-state index is 11.2. The molecule has 36 heavy (non-hydrogen) atoms. The molecule has 0 bridgehead atoms. The summed E-state index contributed by atoms with van der Waals surface area (Å²) in [4.78, 5) is 16.1. The van der Waals surface area contributed by atoms with Crippen molar-refractivity contribution in [2.24, 2.45) is 0 Å². The lowest BCUT2D eigenvalue weighted by molar-refractivity contribution is 0.0697. The van der Waals surface area contributed by atoms with Crippen molar-refractivity contribution < 1.29 is 9.90 Å². The number of hydrogen-bond acceptors (Lipinski definition) is 5. The minimum Gasteiger partial charge on any atom is -0.478 e. The number of imidazole rings is 1. The fourth-order valence-electron chi connectivity index (χ4n) is 4.24. The Bertz CT molecular complexity index is 1460. The fraction of sp³-hybridized carbons (Fsp3) is 0.179. The van der Waals surface area contributed by atoms with E-state index >= 15 is 0 Å². The molecule has 0 saturated carbocycles. The van der Waals surface area contributed by atoms with E-state index in [1.807, 2.05) is 30.3 Å². The number of carbonyl (C=O) groups is 1. The molecule has 0 fully saturated rings. The van der Waals surface area contributed by atoms with Gasteiger partial charge in [-0.3, -0.25) is 0 Å². The molecule has 3 aromatic carbocycles. The Balaban J connectivity index is 1.41. The Labute approximate surface area is 208 Å². The number of unbranched alkanes of at least 4 members (excludes halogenated alkanes) is 1. The average molecular weight is 479 g/mol. The van der Waals surface area contributed by atoms with Gasteiger partial charge < -0.3 is 9.67 Å². The zero-order valence-electron chi connectivity index (χ0n) is 19.9. The second-order valence-corrected chi connectivity index (χ2v) is 8.63. The quantitative estimate of drug-likeness (QED) is 0.290. The van der Waals surface area contributed by atoms with Gasteiger partial charge in [0.05, 0.1) is 11.3 Å². The number of rotatable bonds is 9. The van der Waals surface area contributed by atoms with Crippen LogP contribution in [0.5, 0.6) is 0 Å². The first-order chi connectivity index (χ1) is 17.6. The molecule has 0 unspecified atom stereocenters. The first kappa shape index (κ1) is 23.2. The van der Waals surface area contributed by atoms with Crippen LogP contribution in [0.2, 0.25) is 0 Å². The van der Waals surface area contributed by atoms with E-state index in [0.717, 1.165) is 53.0 Å². The number of aromatic amines is 1. The lowest BCUT2D eigenvalue weighted by Gasteiger charge is -2.10. The Kier molecular flexibility index (Phi) is 6.66. The van der Waals surface area contributed by atoms with Gasteiger partial charge in [0.2, 0.25) is 5.82 Å². The molecule has 2 heterocycles. The third-order valence-corrected chi connectivity index (χ3v) is 6.17. The molecule has 0 saturated heterocycles. The van der Waals surface area contributed by atoms with Crippen LogP contribution in [0.25, 0.3) is 33.8 Å².